The van der Waals surface area contributed by atoms with Crippen LogP contribution in [0.15, 0.2) is 58.1 Å². The van der Waals surface area contributed by atoms with Gasteiger partial charge in [-0.2, -0.15) is 9.78 Å². The van der Waals surface area contributed by atoms with Crippen LogP contribution in [-0.2, 0) is 0 Å². The Morgan fingerprint density at radius 3 is 2.48 bits per heavy atom. The summed E-state index contributed by atoms with van der Waals surface area (Å²) in [5.74, 6) is 0. The van der Waals surface area contributed by atoms with E-state index in [1.165, 1.54) is 16.0 Å². The molecule has 0 aliphatic rings. The molecule has 0 saturated heterocycles. The van der Waals surface area contributed by atoms with Gasteiger partial charge >= 0.3 is 0 Å². The van der Waals surface area contributed by atoms with Crippen molar-refractivity contribution in [3.63, 3.8) is 0 Å². The largest absolute Gasteiger partial charge is 0.273 e. The maximum Gasteiger partial charge on any atom is 0.206 e. The van der Waals surface area contributed by atoms with E-state index in [1.807, 2.05) is 48.5 Å². The van der Waals surface area contributed by atoms with Gasteiger partial charge in [0.05, 0.1) is 17.2 Å². The summed E-state index contributed by atoms with van der Waals surface area (Å²) in [4.78, 5) is 10.2. The van der Waals surface area contributed by atoms with Crippen LogP contribution in [0.3, 0.4) is 0 Å². The normalized spacial score (nSPS) is 11.7. The molecule has 0 radical (unpaired) electrons. The van der Waals surface area contributed by atoms with E-state index in [4.69, 9.17) is 5.41 Å². The summed E-state index contributed by atoms with van der Waals surface area (Å²) in [5.41, 5.74) is 3.18. The summed E-state index contributed by atoms with van der Waals surface area (Å²) in [5, 5.41) is 12.5. The molecule has 0 atom stereocenters. The van der Waals surface area contributed by atoms with Crippen LogP contribution in [-0.4, -0.2) is 20.9 Å². The molecule has 0 aliphatic heterocycles. The molecule has 0 unspecified atom stereocenters. The van der Waals surface area contributed by atoms with E-state index >= 15 is 0 Å². The van der Waals surface area contributed by atoms with Gasteiger partial charge in [-0.3, -0.25) is 5.41 Å². The fourth-order valence-corrected chi connectivity index (χ4v) is 3.23. The van der Waals surface area contributed by atoms with Crippen molar-refractivity contribution < 1.29 is 0 Å². The second-order valence-electron chi connectivity index (χ2n) is 4.86. The van der Waals surface area contributed by atoms with Crippen LogP contribution in [0.1, 0.15) is 5.56 Å². The molecule has 0 amide bonds. The third kappa shape index (κ3) is 2.69. The molecule has 0 aliphatic carbocycles. The first kappa shape index (κ1) is 14.2. The van der Waals surface area contributed by atoms with Gasteiger partial charge < -0.3 is 0 Å². The van der Waals surface area contributed by atoms with E-state index in [2.05, 4.69) is 31.0 Å². The van der Waals surface area contributed by atoms with Gasteiger partial charge in [-0.05, 0) is 29.8 Å². The minimum Gasteiger partial charge on any atom is -0.273 e. The molecular weight excluding hydrogens is 374 g/mol. The highest BCUT2D eigenvalue weighted by Gasteiger charge is 2.09. The quantitative estimate of drug-likeness (QED) is 0.535. The number of halogens is 1. The fraction of sp³-hybridized carbons (Fsp3) is 0. The number of thiazole rings is 1. The molecule has 0 fully saturated rings. The van der Waals surface area contributed by atoms with E-state index in [0.29, 0.717) is 15.3 Å². The van der Waals surface area contributed by atoms with E-state index in [0.717, 1.165) is 21.1 Å². The maximum absolute atomic E-state index is 8.11. The second kappa shape index (κ2) is 5.68. The Labute approximate surface area is 143 Å². The molecule has 0 spiro atoms. The number of hydrogen-bond donors (Lipinski definition) is 1. The Morgan fingerprint density at radius 2 is 1.74 bits per heavy atom. The van der Waals surface area contributed by atoms with Gasteiger partial charge in [0.15, 0.2) is 10.5 Å². The van der Waals surface area contributed by atoms with Crippen molar-refractivity contribution in [1.82, 2.24) is 14.6 Å². The Hall–Kier alpha value is -2.38. The topological polar surface area (TPSA) is 66.9 Å². The number of hydrogen-bond acceptors (Lipinski definition) is 5. The molecule has 5 nitrogen and oxygen atoms in total. The number of nitrogens with zero attached hydrogens (tertiary/aromatic N) is 4. The highest BCUT2D eigenvalue weighted by atomic mass is 79.9. The SMILES string of the molecule is N=c1sc2nc3ccccc3nc2n1N=Cc1ccc(Br)cc1. The van der Waals surface area contributed by atoms with Gasteiger partial charge in [0, 0.05) is 4.47 Å². The number of nitrogens with one attached hydrogen (secondary N) is 1. The molecule has 2 aromatic heterocycles. The molecule has 7 heteroatoms. The average molecular weight is 384 g/mol. The maximum atomic E-state index is 8.11. The lowest BCUT2D eigenvalue weighted by atomic mass is 10.2. The number of fused-ring (bicyclic) bond motifs is 2. The van der Waals surface area contributed by atoms with Crippen molar-refractivity contribution in [3.8, 4) is 0 Å². The first-order valence-electron chi connectivity index (χ1n) is 6.83. The highest BCUT2D eigenvalue weighted by Crippen LogP contribution is 2.17. The molecule has 4 aromatic rings. The predicted octanol–water partition coefficient (Wildman–Crippen LogP) is 3.77. The third-order valence-electron chi connectivity index (χ3n) is 3.30. The Balaban J connectivity index is 1.85. The minimum absolute atomic E-state index is 0.295. The molecular formula is C16H10BrN5S. The molecule has 1 N–H and O–H groups in total. The summed E-state index contributed by atoms with van der Waals surface area (Å²) in [6.45, 7) is 0. The van der Waals surface area contributed by atoms with E-state index in [-0.39, 0.29) is 0 Å². The zero-order valence-corrected chi connectivity index (χ0v) is 14.2. The number of aromatic nitrogens is 3. The summed E-state index contributed by atoms with van der Waals surface area (Å²) in [6, 6.07) is 15.5. The number of rotatable bonds is 2. The van der Waals surface area contributed by atoms with Gasteiger partial charge in [0.1, 0.15) is 0 Å². The Kier molecular flexibility index (Phi) is 3.51. The standard InChI is InChI=1S/C16H10BrN5S/c17-11-7-5-10(6-8-11)9-19-22-14-15(23-16(22)18)21-13-4-2-1-3-12(13)20-14/h1-9,18H. The van der Waals surface area contributed by atoms with Crippen molar-refractivity contribution >= 4 is 55.0 Å². The number of para-hydroxylation sites is 2. The lowest BCUT2D eigenvalue weighted by Gasteiger charge is -1.98. The van der Waals surface area contributed by atoms with Crippen LogP contribution < -0.4 is 4.80 Å². The van der Waals surface area contributed by atoms with Crippen molar-refractivity contribution in [2.24, 2.45) is 5.10 Å². The van der Waals surface area contributed by atoms with Gasteiger partial charge in [0.25, 0.3) is 0 Å². The zero-order valence-electron chi connectivity index (χ0n) is 11.8. The summed E-state index contributed by atoms with van der Waals surface area (Å²) >= 11 is 4.67. The molecule has 2 aromatic carbocycles. The van der Waals surface area contributed by atoms with Crippen LogP contribution >= 0.6 is 27.3 Å². The van der Waals surface area contributed by atoms with Gasteiger partial charge in [-0.25, -0.2) is 9.97 Å². The van der Waals surface area contributed by atoms with Gasteiger partial charge in [-0.1, -0.05) is 51.5 Å². The third-order valence-corrected chi connectivity index (χ3v) is 4.66. The fourth-order valence-electron chi connectivity index (χ4n) is 2.19. The minimum atomic E-state index is 0.295. The predicted molar refractivity (Wildman–Crippen MR) is 95.9 cm³/mol. The van der Waals surface area contributed by atoms with Crippen LogP contribution in [0.2, 0.25) is 0 Å². The summed E-state index contributed by atoms with van der Waals surface area (Å²) < 4.78 is 2.53. The molecule has 0 saturated carbocycles. The van der Waals surface area contributed by atoms with E-state index in [9.17, 15) is 0 Å². The van der Waals surface area contributed by atoms with Gasteiger partial charge in [-0.15, -0.1) is 0 Å². The van der Waals surface area contributed by atoms with E-state index < -0.39 is 0 Å². The lowest BCUT2D eigenvalue weighted by molar-refractivity contribution is 0.853. The zero-order chi connectivity index (χ0) is 15.8. The monoisotopic (exact) mass is 383 g/mol. The van der Waals surface area contributed by atoms with Crippen LogP contribution in [0.25, 0.3) is 21.5 Å². The molecule has 23 heavy (non-hydrogen) atoms. The summed E-state index contributed by atoms with van der Waals surface area (Å²) in [6.07, 6.45) is 1.72. The molecule has 4 rings (SSSR count). The second-order valence-corrected chi connectivity index (χ2v) is 6.75. The average Bonchev–Trinajstić information content (AvgIpc) is 2.86. The van der Waals surface area contributed by atoms with Gasteiger partial charge in [0.2, 0.25) is 4.80 Å². The van der Waals surface area contributed by atoms with Crippen molar-refractivity contribution in [1.29, 1.82) is 5.41 Å². The van der Waals surface area contributed by atoms with Crippen LogP contribution in [0.4, 0.5) is 0 Å². The Morgan fingerprint density at radius 1 is 1.04 bits per heavy atom. The van der Waals surface area contributed by atoms with Crippen molar-refractivity contribution in [2.45, 2.75) is 0 Å². The van der Waals surface area contributed by atoms with Crippen molar-refractivity contribution in [2.75, 3.05) is 0 Å². The number of benzene rings is 2. The lowest BCUT2D eigenvalue weighted by Crippen LogP contribution is -2.08. The molecule has 0 bridgehead atoms. The van der Waals surface area contributed by atoms with Crippen molar-refractivity contribution in [3.05, 3.63) is 63.4 Å². The first-order chi connectivity index (χ1) is 11.2. The first-order valence-corrected chi connectivity index (χ1v) is 8.44. The summed E-state index contributed by atoms with van der Waals surface area (Å²) in [7, 11) is 0. The molecule has 112 valence electrons. The Bertz CT molecular complexity index is 1100. The highest BCUT2D eigenvalue weighted by molar-refractivity contribution is 9.10. The molecule has 2 heterocycles. The smallest absolute Gasteiger partial charge is 0.206 e. The van der Waals surface area contributed by atoms with Crippen LogP contribution in [0, 0.1) is 5.41 Å². The van der Waals surface area contributed by atoms with Crippen LogP contribution in [0.5, 0.6) is 0 Å². The van der Waals surface area contributed by atoms with E-state index in [1.54, 1.807) is 6.21 Å².